The third kappa shape index (κ3) is 5.57. The van der Waals surface area contributed by atoms with Crippen LogP contribution in [-0.2, 0) is 4.79 Å². The van der Waals surface area contributed by atoms with Crippen molar-refractivity contribution in [2.45, 2.75) is 33.3 Å². The molecule has 0 saturated carbocycles. The van der Waals surface area contributed by atoms with Crippen LogP contribution in [0.25, 0.3) is 0 Å². The van der Waals surface area contributed by atoms with Crippen molar-refractivity contribution in [3.63, 3.8) is 0 Å². The SMILES string of the molecule is Cc1cc(NCCC(=O)Nc2ccccc2OC(C)C)ccc1Br. The molecule has 0 spiro atoms. The summed E-state index contributed by atoms with van der Waals surface area (Å²) >= 11 is 3.48. The first-order chi connectivity index (χ1) is 11.5. The second-order valence-corrected chi connectivity index (χ2v) is 6.71. The minimum atomic E-state index is -0.0452. The monoisotopic (exact) mass is 390 g/mol. The van der Waals surface area contributed by atoms with Gasteiger partial charge < -0.3 is 15.4 Å². The lowest BCUT2D eigenvalue weighted by atomic mass is 10.2. The summed E-state index contributed by atoms with van der Waals surface area (Å²) in [7, 11) is 0. The van der Waals surface area contributed by atoms with Crippen molar-refractivity contribution in [1.29, 1.82) is 0 Å². The van der Waals surface area contributed by atoms with Gasteiger partial charge in [0.15, 0.2) is 0 Å². The van der Waals surface area contributed by atoms with Crippen molar-refractivity contribution in [2.24, 2.45) is 0 Å². The van der Waals surface area contributed by atoms with E-state index in [1.165, 1.54) is 0 Å². The Morgan fingerprint density at radius 3 is 2.67 bits per heavy atom. The van der Waals surface area contributed by atoms with Gasteiger partial charge in [-0.1, -0.05) is 28.1 Å². The highest BCUT2D eigenvalue weighted by molar-refractivity contribution is 9.10. The summed E-state index contributed by atoms with van der Waals surface area (Å²) in [4.78, 5) is 12.1. The number of amides is 1. The number of rotatable bonds is 7. The van der Waals surface area contributed by atoms with E-state index in [4.69, 9.17) is 4.74 Å². The third-order valence-corrected chi connectivity index (χ3v) is 4.25. The van der Waals surface area contributed by atoms with Crippen molar-refractivity contribution in [3.8, 4) is 5.75 Å². The summed E-state index contributed by atoms with van der Waals surface area (Å²) in [6.07, 6.45) is 0.441. The van der Waals surface area contributed by atoms with Gasteiger partial charge in [-0.25, -0.2) is 0 Å². The zero-order valence-corrected chi connectivity index (χ0v) is 15.8. The first kappa shape index (κ1) is 18.3. The molecule has 0 aliphatic carbocycles. The lowest BCUT2D eigenvalue weighted by molar-refractivity contribution is -0.116. The summed E-state index contributed by atoms with van der Waals surface area (Å²) in [5, 5.41) is 6.17. The van der Waals surface area contributed by atoms with Gasteiger partial charge in [0, 0.05) is 23.1 Å². The molecule has 0 aliphatic heterocycles. The van der Waals surface area contributed by atoms with Gasteiger partial charge in [-0.2, -0.15) is 0 Å². The highest BCUT2D eigenvalue weighted by Gasteiger charge is 2.08. The predicted octanol–water partition coefficient (Wildman–Crippen LogP) is 4.99. The minimum Gasteiger partial charge on any atom is -0.489 e. The quantitative estimate of drug-likeness (QED) is 0.700. The van der Waals surface area contributed by atoms with Crippen LogP contribution in [0.4, 0.5) is 11.4 Å². The molecule has 2 aromatic carbocycles. The van der Waals surface area contributed by atoms with Crippen LogP contribution in [0.15, 0.2) is 46.9 Å². The fraction of sp³-hybridized carbons (Fsp3) is 0.316. The molecule has 0 aliphatic rings. The molecule has 2 rings (SSSR count). The van der Waals surface area contributed by atoms with Crippen LogP contribution in [0, 0.1) is 6.92 Å². The number of aryl methyl sites for hydroxylation is 1. The Hall–Kier alpha value is -2.01. The molecular weight excluding hydrogens is 368 g/mol. The average molecular weight is 391 g/mol. The summed E-state index contributed by atoms with van der Waals surface area (Å²) in [5.41, 5.74) is 2.87. The molecule has 0 atom stereocenters. The molecule has 1 amide bonds. The van der Waals surface area contributed by atoms with E-state index < -0.39 is 0 Å². The van der Waals surface area contributed by atoms with E-state index in [1.54, 1.807) is 0 Å². The van der Waals surface area contributed by atoms with E-state index >= 15 is 0 Å². The molecule has 4 nitrogen and oxygen atoms in total. The summed E-state index contributed by atoms with van der Waals surface area (Å²) in [5.74, 6) is 0.647. The Labute approximate surface area is 151 Å². The van der Waals surface area contributed by atoms with Crippen molar-refractivity contribution in [3.05, 3.63) is 52.5 Å². The Morgan fingerprint density at radius 2 is 1.96 bits per heavy atom. The van der Waals surface area contributed by atoms with Gasteiger partial charge in [-0.3, -0.25) is 4.79 Å². The van der Waals surface area contributed by atoms with Gasteiger partial charge in [0.2, 0.25) is 5.91 Å². The zero-order valence-electron chi connectivity index (χ0n) is 14.2. The minimum absolute atomic E-state index is 0.0452. The Morgan fingerprint density at radius 1 is 1.21 bits per heavy atom. The highest BCUT2D eigenvalue weighted by Crippen LogP contribution is 2.25. The maximum absolute atomic E-state index is 12.1. The predicted molar refractivity (Wildman–Crippen MR) is 103 cm³/mol. The van der Waals surface area contributed by atoms with Gasteiger partial charge in [-0.15, -0.1) is 0 Å². The molecule has 0 bridgehead atoms. The molecule has 2 aromatic rings. The molecule has 0 saturated heterocycles. The summed E-state index contributed by atoms with van der Waals surface area (Å²) in [6.45, 7) is 6.53. The van der Waals surface area contributed by atoms with Crippen LogP contribution < -0.4 is 15.4 Å². The molecule has 5 heteroatoms. The number of hydrogen-bond donors (Lipinski definition) is 2. The number of benzene rings is 2. The number of nitrogens with one attached hydrogen (secondary N) is 2. The maximum Gasteiger partial charge on any atom is 0.226 e. The van der Waals surface area contributed by atoms with Gasteiger partial charge in [-0.05, 0) is 56.7 Å². The van der Waals surface area contributed by atoms with Crippen LogP contribution in [-0.4, -0.2) is 18.6 Å². The maximum atomic E-state index is 12.1. The van der Waals surface area contributed by atoms with Gasteiger partial charge >= 0.3 is 0 Å². The van der Waals surface area contributed by atoms with E-state index in [0.29, 0.717) is 24.4 Å². The van der Waals surface area contributed by atoms with Crippen LogP contribution in [0.3, 0.4) is 0 Å². The highest BCUT2D eigenvalue weighted by atomic mass is 79.9. The molecular formula is C19H23BrN2O2. The molecule has 128 valence electrons. The molecule has 0 aromatic heterocycles. The van der Waals surface area contributed by atoms with E-state index in [-0.39, 0.29) is 12.0 Å². The lowest BCUT2D eigenvalue weighted by Crippen LogP contribution is -2.17. The van der Waals surface area contributed by atoms with E-state index in [0.717, 1.165) is 15.7 Å². The number of anilines is 2. The first-order valence-electron chi connectivity index (χ1n) is 8.01. The van der Waals surface area contributed by atoms with Gasteiger partial charge in [0.25, 0.3) is 0 Å². The number of para-hydroxylation sites is 2. The number of halogens is 1. The van der Waals surface area contributed by atoms with Crippen LogP contribution in [0.5, 0.6) is 5.75 Å². The fourth-order valence-electron chi connectivity index (χ4n) is 2.21. The third-order valence-electron chi connectivity index (χ3n) is 3.36. The van der Waals surface area contributed by atoms with Crippen molar-refractivity contribution >= 4 is 33.2 Å². The largest absolute Gasteiger partial charge is 0.489 e. The van der Waals surface area contributed by atoms with Crippen molar-refractivity contribution in [2.75, 3.05) is 17.2 Å². The number of hydrogen-bond acceptors (Lipinski definition) is 3. The number of carbonyl (C=O) groups is 1. The second kappa shape index (κ2) is 8.73. The van der Waals surface area contributed by atoms with E-state index in [9.17, 15) is 4.79 Å². The van der Waals surface area contributed by atoms with Crippen LogP contribution >= 0.6 is 15.9 Å². The van der Waals surface area contributed by atoms with Gasteiger partial charge in [0.1, 0.15) is 5.75 Å². The van der Waals surface area contributed by atoms with Gasteiger partial charge in [0.05, 0.1) is 11.8 Å². The Bertz CT molecular complexity index is 702. The van der Waals surface area contributed by atoms with Crippen molar-refractivity contribution in [1.82, 2.24) is 0 Å². The molecule has 0 heterocycles. The molecule has 0 fully saturated rings. The number of ether oxygens (including phenoxy) is 1. The topological polar surface area (TPSA) is 50.4 Å². The number of carbonyl (C=O) groups excluding carboxylic acids is 1. The average Bonchev–Trinajstić information content (AvgIpc) is 2.52. The molecule has 0 unspecified atom stereocenters. The molecule has 2 N–H and O–H groups in total. The van der Waals surface area contributed by atoms with Crippen LogP contribution in [0.2, 0.25) is 0 Å². The standard InChI is InChI=1S/C19H23BrN2O2/c1-13(2)24-18-7-5-4-6-17(18)22-19(23)10-11-21-15-8-9-16(20)14(3)12-15/h4-9,12-13,21H,10-11H2,1-3H3,(H,22,23). The van der Waals surface area contributed by atoms with Crippen molar-refractivity contribution < 1.29 is 9.53 Å². The smallest absolute Gasteiger partial charge is 0.226 e. The Balaban J connectivity index is 1.86. The normalized spacial score (nSPS) is 10.5. The summed E-state index contributed by atoms with van der Waals surface area (Å²) < 4.78 is 6.79. The van der Waals surface area contributed by atoms with Crippen LogP contribution in [0.1, 0.15) is 25.8 Å². The molecule has 0 radical (unpaired) electrons. The van der Waals surface area contributed by atoms with E-state index in [1.807, 2.05) is 63.2 Å². The first-order valence-corrected chi connectivity index (χ1v) is 8.80. The second-order valence-electron chi connectivity index (χ2n) is 5.85. The fourth-order valence-corrected chi connectivity index (χ4v) is 2.46. The Kier molecular flexibility index (Phi) is 6.67. The lowest BCUT2D eigenvalue weighted by Gasteiger charge is -2.15. The zero-order chi connectivity index (χ0) is 17.5. The summed E-state index contributed by atoms with van der Waals surface area (Å²) in [6, 6.07) is 13.5. The molecule has 24 heavy (non-hydrogen) atoms. The van der Waals surface area contributed by atoms with E-state index in [2.05, 4.69) is 26.6 Å².